The zero-order chi connectivity index (χ0) is 13.1. The minimum absolute atomic E-state index is 0.366. The first kappa shape index (κ1) is 13.8. The Balaban J connectivity index is 2.76. The maximum absolute atomic E-state index is 12.2. The van der Waals surface area contributed by atoms with Crippen molar-refractivity contribution in [1.82, 2.24) is 4.90 Å². The van der Waals surface area contributed by atoms with Crippen molar-refractivity contribution < 1.29 is 18.0 Å². The second kappa shape index (κ2) is 4.94. The van der Waals surface area contributed by atoms with Gasteiger partial charge in [0.2, 0.25) is 5.91 Å². The summed E-state index contributed by atoms with van der Waals surface area (Å²) < 4.78 is 36.6. The summed E-state index contributed by atoms with van der Waals surface area (Å²) >= 11 is 0. The number of nitrogens with zero attached hydrogens (tertiary/aromatic N) is 2. The van der Waals surface area contributed by atoms with E-state index < -0.39 is 24.0 Å². The Kier molecular flexibility index (Phi) is 4.02. The largest absolute Gasteiger partial charge is 0.406 e. The van der Waals surface area contributed by atoms with Crippen LogP contribution in [0.15, 0.2) is 0 Å². The normalized spacial score (nSPS) is 19.5. The number of hydrogen-bond donors (Lipinski definition) is 0. The molecule has 0 radical (unpaired) electrons. The first-order chi connectivity index (χ1) is 7.81. The van der Waals surface area contributed by atoms with Crippen molar-refractivity contribution in [3.05, 3.63) is 0 Å². The van der Waals surface area contributed by atoms with Gasteiger partial charge in [0, 0.05) is 7.05 Å². The fourth-order valence-corrected chi connectivity index (χ4v) is 2.23. The predicted molar refractivity (Wildman–Crippen MR) is 54.8 cm³/mol. The van der Waals surface area contributed by atoms with Gasteiger partial charge < -0.3 is 4.90 Å². The summed E-state index contributed by atoms with van der Waals surface area (Å²) in [6.45, 7) is -1.30. The monoisotopic (exact) mass is 248 g/mol. The third-order valence-corrected chi connectivity index (χ3v) is 3.09. The molecule has 0 aromatic rings. The number of carbonyl (C=O) groups excluding carboxylic acids is 1. The van der Waals surface area contributed by atoms with Crippen LogP contribution in [-0.4, -0.2) is 30.6 Å². The van der Waals surface area contributed by atoms with E-state index in [9.17, 15) is 18.0 Å². The van der Waals surface area contributed by atoms with Gasteiger partial charge in [0.15, 0.2) is 0 Å². The van der Waals surface area contributed by atoms with Gasteiger partial charge in [-0.2, -0.15) is 18.4 Å². The molecule has 0 spiro atoms. The van der Waals surface area contributed by atoms with E-state index in [1.807, 2.05) is 6.07 Å². The van der Waals surface area contributed by atoms with Gasteiger partial charge in [0.05, 0.1) is 6.07 Å². The zero-order valence-electron chi connectivity index (χ0n) is 9.68. The molecule has 0 heterocycles. The van der Waals surface area contributed by atoms with Crippen molar-refractivity contribution >= 4 is 5.91 Å². The molecule has 96 valence electrons. The van der Waals surface area contributed by atoms with Crippen LogP contribution in [0.1, 0.15) is 32.1 Å². The van der Waals surface area contributed by atoms with E-state index in [1.165, 1.54) is 0 Å². The van der Waals surface area contributed by atoms with Gasteiger partial charge in [0.1, 0.15) is 12.0 Å². The van der Waals surface area contributed by atoms with Crippen molar-refractivity contribution in [3.8, 4) is 6.07 Å². The number of amides is 1. The van der Waals surface area contributed by atoms with E-state index in [0.717, 1.165) is 26.3 Å². The Morgan fingerprint density at radius 2 is 1.88 bits per heavy atom. The summed E-state index contributed by atoms with van der Waals surface area (Å²) in [7, 11) is 1.10. The summed E-state index contributed by atoms with van der Waals surface area (Å²) in [5.41, 5.74) is -1.24. The molecular weight excluding hydrogens is 233 g/mol. The first-order valence-electron chi connectivity index (χ1n) is 5.54. The Morgan fingerprint density at radius 3 is 2.29 bits per heavy atom. The molecule has 0 aliphatic heterocycles. The second-order valence-electron chi connectivity index (χ2n) is 4.53. The second-order valence-corrected chi connectivity index (χ2v) is 4.53. The fraction of sp³-hybridized carbons (Fsp3) is 0.818. The highest BCUT2D eigenvalue weighted by atomic mass is 19.4. The molecule has 1 amide bonds. The van der Waals surface area contributed by atoms with Gasteiger partial charge >= 0.3 is 6.18 Å². The number of halogens is 3. The molecule has 17 heavy (non-hydrogen) atoms. The van der Waals surface area contributed by atoms with Crippen LogP contribution in [0.25, 0.3) is 0 Å². The average molecular weight is 248 g/mol. The van der Waals surface area contributed by atoms with E-state index >= 15 is 0 Å². The van der Waals surface area contributed by atoms with Crippen LogP contribution in [0.2, 0.25) is 0 Å². The number of alkyl halides is 3. The third kappa shape index (κ3) is 3.35. The minimum Gasteiger partial charge on any atom is -0.335 e. The summed E-state index contributed by atoms with van der Waals surface area (Å²) in [5.74, 6) is -0.697. The first-order valence-corrected chi connectivity index (χ1v) is 5.54. The van der Waals surface area contributed by atoms with E-state index in [2.05, 4.69) is 0 Å². The van der Waals surface area contributed by atoms with Crippen LogP contribution < -0.4 is 0 Å². The lowest BCUT2D eigenvalue weighted by Gasteiger charge is -2.33. The number of nitriles is 1. The topological polar surface area (TPSA) is 44.1 Å². The highest BCUT2D eigenvalue weighted by Gasteiger charge is 2.43. The van der Waals surface area contributed by atoms with Gasteiger partial charge in [0.25, 0.3) is 0 Å². The Morgan fingerprint density at radius 1 is 1.35 bits per heavy atom. The van der Waals surface area contributed by atoms with Gasteiger partial charge in [-0.3, -0.25) is 4.79 Å². The van der Waals surface area contributed by atoms with Crippen LogP contribution in [0.3, 0.4) is 0 Å². The summed E-state index contributed by atoms with van der Waals surface area (Å²) in [6.07, 6.45) is -1.32. The standard InChI is InChI=1S/C11H15F3N2O/c1-16(8-11(12,13)14)9(17)10(7-15)5-3-2-4-6-10/h2-6,8H2,1H3. The van der Waals surface area contributed by atoms with Crippen molar-refractivity contribution in [1.29, 1.82) is 5.26 Å². The molecule has 6 heteroatoms. The highest BCUT2D eigenvalue weighted by molar-refractivity contribution is 5.85. The SMILES string of the molecule is CN(CC(F)(F)F)C(=O)C1(C#N)CCCCC1. The van der Waals surface area contributed by atoms with Crippen molar-refractivity contribution in [2.45, 2.75) is 38.3 Å². The van der Waals surface area contributed by atoms with E-state index in [-0.39, 0.29) is 0 Å². The van der Waals surface area contributed by atoms with Gasteiger partial charge in [-0.1, -0.05) is 19.3 Å². The lowest BCUT2D eigenvalue weighted by molar-refractivity contribution is -0.164. The maximum Gasteiger partial charge on any atom is 0.406 e. The Hall–Kier alpha value is -1.25. The van der Waals surface area contributed by atoms with E-state index in [1.54, 1.807) is 0 Å². The molecule has 1 saturated carbocycles. The maximum atomic E-state index is 12.2. The molecule has 0 aromatic heterocycles. The smallest absolute Gasteiger partial charge is 0.335 e. The van der Waals surface area contributed by atoms with Crippen LogP contribution in [-0.2, 0) is 4.79 Å². The minimum atomic E-state index is -4.42. The van der Waals surface area contributed by atoms with Crippen molar-refractivity contribution in [2.75, 3.05) is 13.6 Å². The molecule has 0 aromatic carbocycles. The molecule has 1 rings (SSSR count). The van der Waals surface area contributed by atoms with E-state index in [4.69, 9.17) is 5.26 Å². The molecule has 1 aliphatic rings. The van der Waals surface area contributed by atoms with Crippen LogP contribution in [0.4, 0.5) is 13.2 Å². The summed E-state index contributed by atoms with van der Waals surface area (Å²) in [4.78, 5) is 12.6. The quantitative estimate of drug-likeness (QED) is 0.753. The molecule has 0 N–H and O–H groups in total. The average Bonchev–Trinajstić information content (AvgIpc) is 2.26. The number of rotatable bonds is 2. The van der Waals surface area contributed by atoms with Crippen molar-refractivity contribution in [2.24, 2.45) is 5.41 Å². The lowest BCUT2D eigenvalue weighted by atomic mass is 9.74. The van der Waals surface area contributed by atoms with E-state index in [0.29, 0.717) is 17.7 Å². The molecule has 1 fully saturated rings. The summed E-state index contributed by atoms with van der Waals surface area (Å²) in [6, 6.07) is 1.93. The number of hydrogen-bond acceptors (Lipinski definition) is 2. The third-order valence-electron chi connectivity index (χ3n) is 3.09. The van der Waals surface area contributed by atoms with Gasteiger partial charge in [-0.15, -0.1) is 0 Å². The number of carbonyl (C=O) groups is 1. The highest BCUT2D eigenvalue weighted by Crippen LogP contribution is 2.37. The molecule has 1 aliphatic carbocycles. The molecule has 0 saturated heterocycles. The summed E-state index contributed by atoms with van der Waals surface area (Å²) in [5, 5.41) is 9.08. The van der Waals surface area contributed by atoms with Gasteiger partial charge in [-0.25, -0.2) is 0 Å². The molecule has 0 unspecified atom stereocenters. The lowest BCUT2D eigenvalue weighted by Crippen LogP contribution is -2.45. The Bertz CT molecular complexity index is 327. The molecule has 0 atom stereocenters. The van der Waals surface area contributed by atoms with Crippen molar-refractivity contribution in [3.63, 3.8) is 0 Å². The van der Waals surface area contributed by atoms with Gasteiger partial charge in [-0.05, 0) is 12.8 Å². The Labute approximate surface area is 98.2 Å². The molecule has 0 bridgehead atoms. The van der Waals surface area contributed by atoms with Crippen LogP contribution >= 0.6 is 0 Å². The zero-order valence-corrected chi connectivity index (χ0v) is 9.68. The van der Waals surface area contributed by atoms with Crippen LogP contribution in [0, 0.1) is 16.7 Å². The predicted octanol–water partition coefficient (Wildman–Crippen LogP) is 2.48. The fourth-order valence-electron chi connectivity index (χ4n) is 2.23. The molecular formula is C11H15F3N2O. The molecule has 3 nitrogen and oxygen atoms in total. The van der Waals surface area contributed by atoms with Crippen LogP contribution in [0.5, 0.6) is 0 Å².